The number of rotatable bonds is 4. The number of nitrogens with two attached hydrogens (primary N) is 2. The third-order valence-electron chi connectivity index (χ3n) is 3.46. The molecule has 0 amide bonds. The molecule has 2 heterocycles. The Balaban J connectivity index is 0.00000225. The van der Waals surface area contributed by atoms with Gasteiger partial charge in [-0.3, -0.25) is 0 Å². The Morgan fingerprint density at radius 3 is 2.48 bits per heavy atom. The molecule has 0 spiro atoms. The van der Waals surface area contributed by atoms with Crippen LogP contribution in [0, 0.1) is 0 Å². The minimum atomic E-state index is -0.959. The Labute approximate surface area is 149 Å². The van der Waals surface area contributed by atoms with Gasteiger partial charge in [0.1, 0.15) is 0 Å². The summed E-state index contributed by atoms with van der Waals surface area (Å²) in [6.07, 6.45) is 1.59. The maximum atomic E-state index is 10.9. The maximum absolute atomic E-state index is 10.9. The second kappa shape index (κ2) is 7.14. The average Bonchev–Trinajstić information content (AvgIpc) is 2.55. The van der Waals surface area contributed by atoms with E-state index in [9.17, 15) is 4.79 Å². The summed E-state index contributed by atoms with van der Waals surface area (Å²) in [4.78, 5) is 29.3. The summed E-state index contributed by atoms with van der Waals surface area (Å²) in [5, 5.41) is 8.93. The Morgan fingerprint density at radius 2 is 1.84 bits per heavy atom. The highest BCUT2D eigenvalue weighted by molar-refractivity contribution is 5.88. The van der Waals surface area contributed by atoms with Gasteiger partial charge in [-0.25, -0.2) is 14.8 Å². The molecule has 0 bridgehead atoms. The summed E-state index contributed by atoms with van der Waals surface area (Å²) in [6.45, 7) is 0.458. The van der Waals surface area contributed by atoms with Gasteiger partial charge in [0, 0.05) is 12.7 Å². The molecule has 25 heavy (non-hydrogen) atoms. The zero-order chi connectivity index (χ0) is 17.3. The van der Waals surface area contributed by atoms with Gasteiger partial charge < -0.3 is 21.5 Å². The van der Waals surface area contributed by atoms with Gasteiger partial charge in [-0.05, 0) is 24.3 Å². The second-order valence-corrected chi connectivity index (χ2v) is 5.21. The average molecular weight is 362 g/mol. The van der Waals surface area contributed by atoms with Gasteiger partial charge in [-0.15, -0.1) is 12.4 Å². The number of nitrogen functional groups attached to an aromatic ring is 2. The molecule has 0 aliphatic carbocycles. The first-order valence-electron chi connectivity index (χ1n) is 7.03. The van der Waals surface area contributed by atoms with Crippen molar-refractivity contribution >= 4 is 47.0 Å². The number of aromatic nitrogens is 4. The molecule has 0 fully saturated rings. The standard InChI is InChI=1S/C15H15N7O2.ClH/c1-22(10-4-2-8(3-5-10)14(23)24)7-9-6-18-13-11(19-9)12(16)20-15(17)21-13;/h2-6H,7H2,1H3,(H,23,24)(H4,16,17,18,20,21);1H. The molecule has 10 heteroatoms. The van der Waals surface area contributed by atoms with Crippen LogP contribution >= 0.6 is 12.4 Å². The SMILES string of the molecule is CN(Cc1cnc2nc(N)nc(N)c2n1)c1ccc(C(=O)O)cc1.Cl. The van der Waals surface area contributed by atoms with Gasteiger partial charge in [-0.2, -0.15) is 9.97 Å². The number of benzene rings is 1. The smallest absolute Gasteiger partial charge is 0.335 e. The number of hydrogen-bond acceptors (Lipinski definition) is 8. The van der Waals surface area contributed by atoms with Gasteiger partial charge in [0.25, 0.3) is 0 Å². The number of anilines is 3. The lowest BCUT2D eigenvalue weighted by molar-refractivity contribution is 0.0697. The van der Waals surface area contributed by atoms with E-state index in [0.29, 0.717) is 23.4 Å². The van der Waals surface area contributed by atoms with E-state index in [-0.39, 0.29) is 29.7 Å². The van der Waals surface area contributed by atoms with Crippen molar-refractivity contribution in [3.63, 3.8) is 0 Å². The first kappa shape index (κ1) is 18.1. The van der Waals surface area contributed by atoms with Crippen LogP contribution in [0.4, 0.5) is 17.5 Å². The van der Waals surface area contributed by atoms with Gasteiger partial charge in [0.05, 0.1) is 24.0 Å². The van der Waals surface area contributed by atoms with E-state index in [1.807, 2.05) is 11.9 Å². The quantitative estimate of drug-likeness (QED) is 0.626. The van der Waals surface area contributed by atoms with Crippen LogP contribution in [0.5, 0.6) is 0 Å². The minimum absolute atomic E-state index is 0. The van der Waals surface area contributed by atoms with Gasteiger partial charge in [0.2, 0.25) is 5.95 Å². The fraction of sp³-hybridized carbons (Fsp3) is 0.133. The first-order valence-corrected chi connectivity index (χ1v) is 7.03. The molecule has 1 aromatic carbocycles. The first-order chi connectivity index (χ1) is 11.4. The van der Waals surface area contributed by atoms with Crippen LogP contribution in [0.15, 0.2) is 30.5 Å². The number of hydrogen-bond donors (Lipinski definition) is 3. The van der Waals surface area contributed by atoms with E-state index in [4.69, 9.17) is 16.6 Å². The number of carbonyl (C=O) groups is 1. The van der Waals surface area contributed by atoms with Crippen LogP contribution in [-0.4, -0.2) is 38.1 Å². The van der Waals surface area contributed by atoms with E-state index in [0.717, 1.165) is 5.69 Å². The summed E-state index contributed by atoms with van der Waals surface area (Å²) in [5.41, 5.74) is 13.8. The number of nitrogens with zero attached hydrogens (tertiary/aromatic N) is 5. The van der Waals surface area contributed by atoms with Crippen LogP contribution in [0.1, 0.15) is 16.1 Å². The highest BCUT2D eigenvalue weighted by Crippen LogP contribution is 2.18. The van der Waals surface area contributed by atoms with Crippen molar-refractivity contribution in [2.24, 2.45) is 0 Å². The fourth-order valence-electron chi connectivity index (χ4n) is 2.25. The van der Waals surface area contributed by atoms with Gasteiger partial charge >= 0.3 is 5.97 Å². The van der Waals surface area contributed by atoms with E-state index in [1.54, 1.807) is 30.5 Å². The number of carboxylic acids is 1. The Kier molecular flexibility index (Phi) is 5.18. The molecule has 0 saturated heterocycles. The van der Waals surface area contributed by atoms with Gasteiger partial charge in [-0.1, -0.05) is 0 Å². The molecular weight excluding hydrogens is 346 g/mol. The summed E-state index contributed by atoms with van der Waals surface area (Å²) in [6, 6.07) is 6.57. The van der Waals surface area contributed by atoms with E-state index >= 15 is 0 Å². The Morgan fingerprint density at radius 1 is 1.16 bits per heavy atom. The summed E-state index contributed by atoms with van der Waals surface area (Å²) < 4.78 is 0. The number of aromatic carboxylic acids is 1. The molecule has 3 rings (SSSR count). The third-order valence-corrected chi connectivity index (χ3v) is 3.46. The maximum Gasteiger partial charge on any atom is 0.335 e. The number of fused-ring (bicyclic) bond motifs is 1. The molecule has 0 aliphatic rings. The molecule has 9 nitrogen and oxygen atoms in total. The van der Waals surface area contributed by atoms with Crippen molar-refractivity contribution in [1.29, 1.82) is 0 Å². The lowest BCUT2D eigenvalue weighted by Gasteiger charge is -2.19. The molecule has 130 valence electrons. The number of halogens is 1. The fourth-order valence-corrected chi connectivity index (χ4v) is 2.25. The van der Waals surface area contributed by atoms with Crippen molar-refractivity contribution < 1.29 is 9.90 Å². The molecule has 2 aromatic heterocycles. The van der Waals surface area contributed by atoms with E-state index in [1.165, 1.54) is 0 Å². The zero-order valence-corrected chi connectivity index (χ0v) is 14.1. The highest BCUT2D eigenvalue weighted by atomic mass is 35.5. The number of carboxylic acid groups (broad SMARTS) is 1. The summed E-state index contributed by atoms with van der Waals surface area (Å²) in [7, 11) is 1.87. The lowest BCUT2D eigenvalue weighted by Crippen LogP contribution is -2.18. The predicted octanol–water partition coefficient (Wildman–Crippen LogP) is 1.34. The van der Waals surface area contributed by atoms with Crippen LogP contribution < -0.4 is 16.4 Å². The summed E-state index contributed by atoms with van der Waals surface area (Å²) >= 11 is 0. The summed E-state index contributed by atoms with van der Waals surface area (Å²) in [5.74, 6) is -0.725. The van der Waals surface area contributed by atoms with Crippen molar-refractivity contribution in [3.05, 3.63) is 41.7 Å². The topological polar surface area (TPSA) is 144 Å². The van der Waals surface area contributed by atoms with Crippen molar-refractivity contribution in [2.45, 2.75) is 6.54 Å². The van der Waals surface area contributed by atoms with Crippen molar-refractivity contribution in [1.82, 2.24) is 19.9 Å². The monoisotopic (exact) mass is 361 g/mol. The largest absolute Gasteiger partial charge is 0.478 e. The van der Waals surface area contributed by atoms with Crippen LogP contribution in [0.2, 0.25) is 0 Å². The third kappa shape index (κ3) is 3.83. The lowest BCUT2D eigenvalue weighted by atomic mass is 10.2. The Hall–Kier alpha value is -3.20. The second-order valence-electron chi connectivity index (χ2n) is 5.21. The van der Waals surface area contributed by atoms with E-state index < -0.39 is 5.97 Å². The molecule has 0 aliphatic heterocycles. The van der Waals surface area contributed by atoms with Crippen molar-refractivity contribution in [2.75, 3.05) is 23.4 Å². The predicted molar refractivity (Wildman–Crippen MR) is 96.7 cm³/mol. The molecular formula is C15H16ClN7O2. The zero-order valence-electron chi connectivity index (χ0n) is 13.2. The molecule has 0 saturated carbocycles. The van der Waals surface area contributed by atoms with Gasteiger partial charge in [0.15, 0.2) is 17.0 Å². The normalized spacial score (nSPS) is 10.3. The van der Waals surface area contributed by atoms with E-state index in [2.05, 4.69) is 19.9 Å². The van der Waals surface area contributed by atoms with Crippen molar-refractivity contribution in [3.8, 4) is 0 Å². The molecule has 3 aromatic rings. The highest BCUT2D eigenvalue weighted by Gasteiger charge is 2.10. The minimum Gasteiger partial charge on any atom is -0.478 e. The molecule has 5 N–H and O–H groups in total. The van der Waals surface area contributed by atoms with Crippen LogP contribution in [0.3, 0.4) is 0 Å². The molecule has 0 atom stereocenters. The van der Waals surface area contributed by atoms with Crippen LogP contribution in [0.25, 0.3) is 11.2 Å². The molecule has 0 unspecified atom stereocenters. The Bertz CT molecular complexity index is 918. The molecule has 0 radical (unpaired) electrons. The van der Waals surface area contributed by atoms with Crippen LogP contribution in [-0.2, 0) is 6.54 Å².